The van der Waals surface area contributed by atoms with Gasteiger partial charge >= 0.3 is 6.09 Å². The van der Waals surface area contributed by atoms with Crippen molar-refractivity contribution in [2.24, 2.45) is 5.73 Å². The molecule has 2 unspecified atom stereocenters. The van der Waals surface area contributed by atoms with Gasteiger partial charge in [0.1, 0.15) is 12.7 Å². The largest absolute Gasteiger partial charge is 0.445 e. The van der Waals surface area contributed by atoms with Crippen LogP contribution in [-0.2, 0) is 16.0 Å². The molecular weight excluding hydrogens is 370 g/mol. The van der Waals surface area contributed by atoms with Crippen LogP contribution in [0.2, 0.25) is 0 Å². The predicted molar refractivity (Wildman–Crippen MR) is 112 cm³/mol. The molecular formula is C22H31N3O4. The third-order valence-corrected chi connectivity index (χ3v) is 4.73. The summed E-state index contributed by atoms with van der Waals surface area (Å²) in [6.45, 7) is 1.02. The maximum atomic E-state index is 12.4. The fourth-order valence-corrected chi connectivity index (χ4v) is 3.00. The predicted octanol–water partition coefficient (Wildman–Crippen LogP) is 1.77. The summed E-state index contributed by atoms with van der Waals surface area (Å²) in [5.41, 5.74) is 7.96. The summed E-state index contributed by atoms with van der Waals surface area (Å²) in [7, 11) is 1.61. The second-order valence-electron chi connectivity index (χ2n) is 7.17. The minimum absolute atomic E-state index is 0.256. The van der Waals surface area contributed by atoms with E-state index in [0.29, 0.717) is 25.9 Å². The van der Waals surface area contributed by atoms with E-state index in [1.165, 1.54) is 4.90 Å². The third-order valence-electron chi connectivity index (χ3n) is 4.73. The molecule has 0 radical (unpaired) electrons. The van der Waals surface area contributed by atoms with Gasteiger partial charge in [-0.05, 0) is 36.8 Å². The number of amides is 2. The standard InChI is InChI=1S/C22H31N3O4/c1-25(21(27)20(26)19(23)15-17-9-4-2-5-10-17)14-8-13-24-22(28)29-16-18-11-6-3-7-12-18/h2,4-6,9-12,19-20,26H,3,7-8,13-16,23H2,1H3,(H,24,28). The van der Waals surface area contributed by atoms with Crippen molar-refractivity contribution in [3.63, 3.8) is 0 Å². The number of allylic oxidation sites excluding steroid dienone is 2. The van der Waals surface area contributed by atoms with Crippen molar-refractivity contribution in [3.05, 3.63) is 59.7 Å². The van der Waals surface area contributed by atoms with Gasteiger partial charge in [-0.25, -0.2) is 4.79 Å². The molecule has 0 fully saturated rings. The molecule has 1 aliphatic carbocycles. The number of nitrogens with two attached hydrogens (primary N) is 1. The number of ether oxygens (including phenoxy) is 1. The van der Waals surface area contributed by atoms with E-state index in [-0.39, 0.29) is 6.61 Å². The van der Waals surface area contributed by atoms with Crippen LogP contribution in [0.3, 0.4) is 0 Å². The lowest BCUT2D eigenvalue weighted by Crippen LogP contribution is -2.48. The average molecular weight is 402 g/mol. The molecule has 2 amide bonds. The van der Waals surface area contributed by atoms with E-state index in [0.717, 1.165) is 24.0 Å². The molecule has 4 N–H and O–H groups in total. The molecule has 0 aromatic heterocycles. The van der Waals surface area contributed by atoms with Crippen LogP contribution < -0.4 is 11.1 Å². The van der Waals surface area contributed by atoms with Crippen molar-refractivity contribution in [2.75, 3.05) is 26.7 Å². The summed E-state index contributed by atoms with van der Waals surface area (Å²) in [6.07, 6.45) is 7.28. The zero-order valence-corrected chi connectivity index (χ0v) is 16.9. The Labute approximate surface area is 172 Å². The highest BCUT2D eigenvalue weighted by molar-refractivity contribution is 5.81. The van der Waals surface area contributed by atoms with Crippen LogP contribution in [0.4, 0.5) is 4.79 Å². The number of aliphatic hydroxyl groups is 1. The van der Waals surface area contributed by atoms with Gasteiger partial charge in [0.05, 0.1) is 0 Å². The van der Waals surface area contributed by atoms with Crippen molar-refractivity contribution in [2.45, 2.75) is 37.8 Å². The lowest BCUT2D eigenvalue weighted by molar-refractivity contribution is -0.139. The van der Waals surface area contributed by atoms with E-state index < -0.39 is 24.1 Å². The van der Waals surface area contributed by atoms with Crippen molar-refractivity contribution >= 4 is 12.0 Å². The van der Waals surface area contributed by atoms with Gasteiger partial charge in [-0.3, -0.25) is 4.79 Å². The quantitative estimate of drug-likeness (QED) is 0.518. The molecule has 7 nitrogen and oxygen atoms in total. The van der Waals surface area contributed by atoms with E-state index >= 15 is 0 Å². The highest BCUT2D eigenvalue weighted by Crippen LogP contribution is 2.09. The van der Waals surface area contributed by atoms with E-state index in [1.54, 1.807) is 7.05 Å². The molecule has 7 heteroatoms. The van der Waals surface area contributed by atoms with Crippen molar-refractivity contribution in [1.29, 1.82) is 0 Å². The van der Waals surface area contributed by atoms with Crippen LogP contribution in [-0.4, -0.2) is 60.9 Å². The summed E-state index contributed by atoms with van der Waals surface area (Å²) < 4.78 is 5.16. The molecule has 0 heterocycles. The Hall–Kier alpha value is -2.64. The second-order valence-corrected chi connectivity index (χ2v) is 7.17. The van der Waals surface area contributed by atoms with E-state index in [4.69, 9.17) is 10.5 Å². The Morgan fingerprint density at radius 2 is 2.03 bits per heavy atom. The first-order chi connectivity index (χ1) is 14.0. The number of aliphatic hydroxyl groups excluding tert-OH is 1. The Balaban J connectivity index is 1.62. The zero-order chi connectivity index (χ0) is 21.1. The highest BCUT2D eigenvalue weighted by Gasteiger charge is 2.25. The van der Waals surface area contributed by atoms with E-state index in [1.807, 2.05) is 36.4 Å². The van der Waals surface area contributed by atoms with Crippen LogP contribution >= 0.6 is 0 Å². The SMILES string of the molecule is CN(CCCNC(=O)OCC1=CCCC=C1)C(=O)C(O)C(N)Cc1ccccc1. The number of benzene rings is 1. The lowest BCUT2D eigenvalue weighted by atomic mass is 10.0. The Kier molecular flexibility index (Phi) is 9.40. The molecule has 1 aromatic carbocycles. The molecule has 0 saturated carbocycles. The maximum Gasteiger partial charge on any atom is 0.407 e. The number of carbonyl (C=O) groups is 2. The number of nitrogens with zero attached hydrogens (tertiary/aromatic N) is 1. The molecule has 0 saturated heterocycles. The summed E-state index contributed by atoms with van der Waals surface area (Å²) in [4.78, 5) is 25.5. The first-order valence-corrected chi connectivity index (χ1v) is 9.96. The van der Waals surface area contributed by atoms with Gasteiger partial charge in [0.25, 0.3) is 5.91 Å². The first-order valence-electron chi connectivity index (χ1n) is 9.96. The number of nitrogens with one attached hydrogen (secondary N) is 1. The van der Waals surface area contributed by atoms with Gasteiger partial charge in [0, 0.05) is 26.2 Å². The number of carbonyl (C=O) groups excluding carboxylic acids is 2. The van der Waals surface area contributed by atoms with E-state index in [9.17, 15) is 14.7 Å². The molecule has 2 atom stereocenters. The minimum Gasteiger partial charge on any atom is -0.445 e. The topological polar surface area (TPSA) is 105 Å². The normalized spacial score (nSPS) is 15.2. The van der Waals surface area contributed by atoms with Gasteiger partial charge < -0.3 is 25.8 Å². The van der Waals surface area contributed by atoms with Gasteiger partial charge in [0.15, 0.2) is 0 Å². The fraction of sp³-hybridized carbons (Fsp3) is 0.455. The molecule has 0 spiro atoms. The summed E-state index contributed by atoms with van der Waals surface area (Å²) >= 11 is 0. The first kappa shape index (κ1) is 22.6. The van der Waals surface area contributed by atoms with Crippen molar-refractivity contribution in [3.8, 4) is 0 Å². The molecule has 1 aromatic rings. The number of hydrogen-bond acceptors (Lipinski definition) is 5. The van der Waals surface area contributed by atoms with Crippen LogP contribution in [0.5, 0.6) is 0 Å². The Morgan fingerprint density at radius 1 is 1.28 bits per heavy atom. The average Bonchev–Trinajstić information content (AvgIpc) is 2.75. The van der Waals surface area contributed by atoms with Crippen LogP contribution in [0.1, 0.15) is 24.8 Å². The zero-order valence-electron chi connectivity index (χ0n) is 16.9. The van der Waals surface area contributed by atoms with Gasteiger partial charge in [0.2, 0.25) is 0 Å². The van der Waals surface area contributed by atoms with Crippen LogP contribution in [0, 0.1) is 0 Å². The van der Waals surface area contributed by atoms with Crippen molar-refractivity contribution < 1.29 is 19.4 Å². The number of hydrogen-bond donors (Lipinski definition) is 3. The summed E-state index contributed by atoms with van der Waals surface area (Å²) in [5, 5.41) is 12.9. The second kappa shape index (κ2) is 12.0. The number of likely N-dealkylation sites (N-methyl/N-ethyl adjacent to an activating group) is 1. The smallest absolute Gasteiger partial charge is 0.407 e. The Bertz CT molecular complexity index is 718. The molecule has 2 rings (SSSR count). The lowest BCUT2D eigenvalue weighted by Gasteiger charge is -2.24. The molecule has 29 heavy (non-hydrogen) atoms. The van der Waals surface area contributed by atoms with Gasteiger partial charge in [-0.15, -0.1) is 0 Å². The number of alkyl carbamates (subject to hydrolysis) is 1. The van der Waals surface area contributed by atoms with Gasteiger partial charge in [-0.2, -0.15) is 0 Å². The molecule has 0 aliphatic heterocycles. The summed E-state index contributed by atoms with van der Waals surface area (Å²) in [6, 6.07) is 8.83. The summed E-state index contributed by atoms with van der Waals surface area (Å²) in [5.74, 6) is -0.424. The van der Waals surface area contributed by atoms with E-state index in [2.05, 4.69) is 17.5 Å². The highest BCUT2D eigenvalue weighted by atomic mass is 16.5. The van der Waals surface area contributed by atoms with Crippen molar-refractivity contribution in [1.82, 2.24) is 10.2 Å². The fourth-order valence-electron chi connectivity index (χ4n) is 3.00. The molecule has 158 valence electrons. The third kappa shape index (κ3) is 8.09. The van der Waals surface area contributed by atoms with Crippen LogP contribution in [0.25, 0.3) is 0 Å². The molecule has 1 aliphatic rings. The van der Waals surface area contributed by atoms with Crippen LogP contribution in [0.15, 0.2) is 54.1 Å². The monoisotopic (exact) mass is 401 g/mol. The minimum atomic E-state index is -1.27. The maximum absolute atomic E-state index is 12.4. The van der Waals surface area contributed by atoms with Gasteiger partial charge in [-0.1, -0.05) is 48.6 Å². The number of rotatable bonds is 10. The molecule has 0 bridgehead atoms. The Morgan fingerprint density at radius 3 is 2.72 bits per heavy atom.